The average Bonchev–Trinajstić information content (AvgIpc) is 2.59. The van der Waals surface area contributed by atoms with Crippen molar-refractivity contribution in [3.05, 3.63) is 22.2 Å². The van der Waals surface area contributed by atoms with Gasteiger partial charge in [-0.15, -0.1) is 8.20 Å². The third kappa shape index (κ3) is 11.4. The number of carbonyl (C=O) groups excluding carboxylic acids is 1. The van der Waals surface area contributed by atoms with E-state index in [0.717, 1.165) is 27.4 Å². The van der Waals surface area contributed by atoms with E-state index in [1.165, 1.54) is 33.6 Å². The van der Waals surface area contributed by atoms with Crippen LogP contribution >= 0.6 is 24.1 Å². The molecule has 27 heavy (non-hydrogen) atoms. The Labute approximate surface area is 175 Å². The van der Waals surface area contributed by atoms with Crippen molar-refractivity contribution in [2.45, 2.75) is 66.4 Å². The predicted octanol–water partition coefficient (Wildman–Crippen LogP) is 6.31. The molecule has 0 bridgehead atoms. The summed E-state index contributed by atoms with van der Waals surface area (Å²) < 4.78 is 11.2. The first-order chi connectivity index (χ1) is 12.7. The molecule has 1 aromatic carbocycles. The molecule has 1 aromatic rings. The highest BCUT2D eigenvalue weighted by Gasteiger charge is 2.10. The van der Waals surface area contributed by atoms with Gasteiger partial charge in [0.2, 0.25) is 0 Å². The van der Waals surface area contributed by atoms with Crippen molar-refractivity contribution in [2.75, 3.05) is 18.5 Å². The number of anilines is 1. The van der Waals surface area contributed by atoms with Gasteiger partial charge >= 0.3 is 0 Å². The van der Waals surface area contributed by atoms with Crippen molar-refractivity contribution < 1.29 is 14.3 Å². The van der Waals surface area contributed by atoms with Crippen LogP contribution in [0.5, 0.6) is 5.75 Å². The lowest BCUT2D eigenvalue weighted by Crippen LogP contribution is -2.17. The average molecular weight is 460 g/mol. The maximum atomic E-state index is 9.60. The van der Waals surface area contributed by atoms with Crippen LogP contribution in [-0.4, -0.2) is 30.6 Å². The minimum Gasteiger partial charge on any atom is -0.492 e. The molecule has 0 heterocycles. The zero-order valence-electron chi connectivity index (χ0n) is 17.5. The highest BCUT2D eigenvalue weighted by atomic mass is 79.9. The number of nitrogens with two attached hydrogens (primary N) is 1. The van der Waals surface area contributed by atoms with Gasteiger partial charge in [-0.05, 0) is 73.6 Å². The highest BCUT2D eigenvalue weighted by molar-refractivity contribution is 9.10. The monoisotopic (exact) mass is 459 g/mol. The molecule has 0 amide bonds. The van der Waals surface area contributed by atoms with E-state index in [1.807, 2.05) is 39.8 Å². The molecule has 0 spiro atoms. The van der Waals surface area contributed by atoms with Gasteiger partial charge in [0.05, 0.1) is 11.1 Å². The third-order valence-corrected chi connectivity index (χ3v) is 5.52. The van der Waals surface area contributed by atoms with E-state index >= 15 is 0 Å². The zero-order valence-corrected chi connectivity index (χ0v) is 20.0. The van der Waals surface area contributed by atoms with E-state index in [2.05, 4.69) is 40.3 Å². The van der Waals surface area contributed by atoms with Crippen LogP contribution in [0.15, 0.2) is 16.6 Å². The van der Waals surface area contributed by atoms with Crippen LogP contribution in [0, 0.1) is 5.92 Å². The molecule has 6 heteroatoms. The summed E-state index contributed by atoms with van der Waals surface area (Å²) in [5.41, 5.74) is 7.58. The molecule has 0 radical (unpaired) electrons. The van der Waals surface area contributed by atoms with Crippen molar-refractivity contribution in [3.8, 4) is 5.75 Å². The number of hydrogen-bond donors (Lipinski definition) is 1. The Morgan fingerprint density at radius 1 is 1.26 bits per heavy atom. The largest absolute Gasteiger partial charge is 0.492 e. The second kappa shape index (κ2) is 14.0. The van der Waals surface area contributed by atoms with Crippen LogP contribution in [-0.2, 0) is 9.53 Å². The molecule has 1 unspecified atom stereocenters. The normalized spacial score (nSPS) is 12.3. The second-order valence-corrected chi connectivity index (χ2v) is 9.04. The van der Waals surface area contributed by atoms with Crippen molar-refractivity contribution in [2.24, 2.45) is 5.92 Å². The molecule has 0 aliphatic rings. The lowest BCUT2D eigenvalue weighted by molar-refractivity contribution is -0.138. The van der Waals surface area contributed by atoms with Crippen LogP contribution in [0.25, 0.3) is 0 Å². The van der Waals surface area contributed by atoms with Gasteiger partial charge in [0, 0.05) is 11.3 Å². The molecule has 1 atom stereocenters. The summed E-state index contributed by atoms with van der Waals surface area (Å²) in [7, 11) is 1.32. The number of benzene rings is 1. The van der Waals surface area contributed by atoms with E-state index in [-0.39, 0.29) is 5.60 Å². The van der Waals surface area contributed by atoms with Crippen molar-refractivity contribution in [1.82, 2.24) is 0 Å². The third-order valence-electron chi connectivity index (χ3n) is 3.73. The van der Waals surface area contributed by atoms with E-state index in [0.29, 0.717) is 13.1 Å². The number of halogens is 1. The summed E-state index contributed by atoms with van der Waals surface area (Å²) in [6.07, 6.45) is 5.02. The van der Waals surface area contributed by atoms with Gasteiger partial charge in [0.1, 0.15) is 11.4 Å². The molecule has 1 rings (SSSR count). The van der Waals surface area contributed by atoms with Crippen LogP contribution in [0.1, 0.15) is 66.4 Å². The molecule has 154 valence electrons. The molecule has 0 aliphatic heterocycles. The van der Waals surface area contributed by atoms with Crippen LogP contribution in [0.4, 0.5) is 5.69 Å². The van der Waals surface area contributed by atoms with Crippen LogP contribution in [0.3, 0.4) is 0 Å². The van der Waals surface area contributed by atoms with Gasteiger partial charge in [-0.3, -0.25) is 4.79 Å². The van der Waals surface area contributed by atoms with E-state index < -0.39 is 0 Å². The number of hydrogen-bond acceptors (Lipinski definition) is 4. The van der Waals surface area contributed by atoms with E-state index in [9.17, 15) is 4.79 Å². The first kappa shape index (κ1) is 25.9. The van der Waals surface area contributed by atoms with E-state index in [4.69, 9.17) is 10.5 Å². The fourth-order valence-corrected chi connectivity index (χ4v) is 4.04. The molecule has 4 nitrogen and oxygen atoms in total. The number of rotatable bonds is 9. The fourth-order valence-electron chi connectivity index (χ4n) is 2.28. The number of nitrogen functional groups attached to an aromatic ring is 1. The van der Waals surface area contributed by atoms with Gasteiger partial charge in [0.25, 0.3) is 6.47 Å². The van der Waals surface area contributed by atoms with Crippen molar-refractivity contribution >= 4 is 42.1 Å². The summed E-state index contributed by atoms with van der Waals surface area (Å²) in [5, 5.41) is 0. The van der Waals surface area contributed by atoms with Crippen molar-refractivity contribution in [3.63, 3.8) is 0 Å². The Bertz CT molecular complexity index is 586. The Balaban J connectivity index is 0.000000821. The first-order valence-corrected chi connectivity index (χ1v) is 11.5. The summed E-state index contributed by atoms with van der Waals surface area (Å²) in [4.78, 5) is 9.60. The molecule has 0 fully saturated rings. The maximum Gasteiger partial charge on any atom is 0.293 e. The summed E-state index contributed by atoms with van der Waals surface area (Å²) in [6.45, 7) is 13.1. The zero-order chi connectivity index (χ0) is 20.9. The molecular weight excluding hydrogens is 425 g/mol. The molecule has 0 aromatic heterocycles. The van der Waals surface area contributed by atoms with Crippen LogP contribution in [0.2, 0.25) is 0 Å². The van der Waals surface area contributed by atoms with Crippen molar-refractivity contribution in [1.29, 1.82) is 0 Å². The smallest absolute Gasteiger partial charge is 0.293 e. The van der Waals surface area contributed by atoms with Gasteiger partial charge in [0.15, 0.2) is 0 Å². The SMILES string of the molecule is CC(C)(C)OC=O.CCCC(CC)CP=Cc1c(N)ccc(Br)c1OCC. The predicted molar refractivity (Wildman–Crippen MR) is 122 cm³/mol. The van der Waals surface area contributed by atoms with Gasteiger partial charge in [-0.1, -0.05) is 33.1 Å². The minimum atomic E-state index is -0.318. The minimum absolute atomic E-state index is 0.318. The van der Waals surface area contributed by atoms with Gasteiger partial charge in [-0.2, -0.15) is 0 Å². The Morgan fingerprint density at radius 3 is 2.37 bits per heavy atom. The lowest BCUT2D eigenvalue weighted by atomic mass is 10.0. The number of ether oxygens (including phenoxy) is 2. The Hall–Kier alpha value is -1.06. The second-order valence-electron chi connectivity index (χ2n) is 7.20. The quantitative estimate of drug-likeness (QED) is 0.267. The summed E-state index contributed by atoms with van der Waals surface area (Å²) in [5.74, 6) is 3.87. The van der Waals surface area contributed by atoms with Gasteiger partial charge < -0.3 is 15.2 Å². The number of carbonyl (C=O) groups is 1. The topological polar surface area (TPSA) is 61.5 Å². The van der Waals surface area contributed by atoms with Gasteiger partial charge in [-0.25, -0.2) is 0 Å². The fraction of sp³-hybridized carbons (Fsp3) is 0.619. The molecule has 2 N–H and O–H groups in total. The van der Waals surface area contributed by atoms with Crippen LogP contribution < -0.4 is 10.5 Å². The highest BCUT2D eigenvalue weighted by Crippen LogP contribution is 2.33. The molecule has 0 aliphatic carbocycles. The molecule has 0 saturated carbocycles. The maximum absolute atomic E-state index is 9.60. The summed E-state index contributed by atoms with van der Waals surface area (Å²) in [6, 6.07) is 3.87. The lowest BCUT2D eigenvalue weighted by Gasteiger charge is -2.14. The van der Waals surface area contributed by atoms with E-state index in [1.54, 1.807) is 0 Å². The molecule has 0 saturated heterocycles. The Kier molecular flexibility index (Phi) is 13.5. The first-order valence-electron chi connectivity index (χ1n) is 9.52. The Morgan fingerprint density at radius 2 is 1.93 bits per heavy atom. The summed E-state index contributed by atoms with van der Waals surface area (Å²) >= 11 is 3.54. The standard InChI is InChI=1S/C16H25BrNOP.C5H10O2/c1-4-7-12(5-2)10-20-11-13-15(18)9-8-14(17)16(13)19-6-3;1-5(2,3)7-4-6/h8-9,11-12H,4-7,10,18H2,1-3H3;4H,1-3H3. The molecular formula is C21H35BrNO3P.